The molecule has 0 spiro atoms. The fourth-order valence-electron chi connectivity index (χ4n) is 2.07. The molecule has 1 amide bonds. The van der Waals surface area contributed by atoms with Crippen molar-refractivity contribution >= 4 is 48.9 Å². The van der Waals surface area contributed by atoms with E-state index < -0.39 is 0 Å². The van der Waals surface area contributed by atoms with Crippen molar-refractivity contribution in [1.82, 2.24) is 4.90 Å². The predicted molar refractivity (Wildman–Crippen MR) is 85.8 cm³/mol. The van der Waals surface area contributed by atoms with Crippen LogP contribution in [0.2, 0.25) is 0 Å². The number of nitrogens with two attached hydrogens (primary N) is 1. The third-order valence-corrected chi connectivity index (χ3v) is 4.70. The molecule has 0 aliphatic rings. The summed E-state index contributed by atoms with van der Waals surface area (Å²) in [5.74, 6) is 0.0409. The van der Waals surface area contributed by atoms with Gasteiger partial charge in [-0.3, -0.25) is 4.79 Å². The van der Waals surface area contributed by atoms with E-state index in [0.717, 1.165) is 27.5 Å². The number of carbonyl (C=O) groups excluding carboxylic acids is 1. The molecule has 3 nitrogen and oxygen atoms in total. The summed E-state index contributed by atoms with van der Waals surface area (Å²) in [7, 11) is 0. The van der Waals surface area contributed by atoms with E-state index in [1.807, 2.05) is 30.0 Å². The minimum Gasteiger partial charge on any atom is -0.397 e. The second-order valence-electron chi connectivity index (χ2n) is 4.37. The maximum absolute atomic E-state index is 12.5. The number of rotatable bonds is 4. The maximum atomic E-state index is 12.5. The predicted octanol–water partition coefficient (Wildman–Crippen LogP) is 4.12. The lowest BCUT2D eigenvalue weighted by atomic mass is 10.2. The quantitative estimate of drug-likeness (QED) is 0.909. The number of benzene rings is 1. The van der Waals surface area contributed by atoms with Gasteiger partial charge in [-0.2, -0.15) is 0 Å². The molecular weight excluding hydrogens is 324 g/mol. The number of nitrogen functional groups attached to an aromatic ring is 1. The van der Waals surface area contributed by atoms with Crippen molar-refractivity contribution in [2.75, 3.05) is 18.8 Å². The molecule has 0 saturated carbocycles. The summed E-state index contributed by atoms with van der Waals surface area (Å²) in [6.07, 6.45) is 0.954. The average Bonchev–Trinajstić information content (AvgIpc) is 2.72. The maximum Gasteiger partial charge on any atom is 0.266 e. The number of amides is 1. The molecule has 5 heteroatoms. The van der Waals surface area contributed by atoms with Gasteiger partial charge in [0.05, 0.1) is 5.69 Å². The minimum atomic E-state index is 0.0409. The van der Waals surface area contributed by atoms with Gasteiger partial charge in [0.1, 0.15) is 4.88 Å². The summed E-state index contributed by atoms with van der Waals surface area (Å²) in [4.78, 5) is 15.0. The summed E-state index contributed by atoms with van der Waals surface area (Å²) in [6, 6.07) is 5.91. The van der Waals surface area contributed by atoms with Gasteiger partial charge in [-0.05, 0) is 25.5 Å². The smallest absolute Gasteiger partial charge is 0.266 e. The first-order valence-corrected chi connectivity index (χ1v) is 7.96. The van der Waals surface area contributed by atoms with Crippen molar-refractivity contribution in [1.29, 1.82) is 0 Å². The van der Waals surface area contributed by atoms with Crippen LogP contribution in [0.1, 0.15) is 29.9 Å². The molecule has 102 valence electrons. The number of carbonyl (C=O) groups is 1. The van der Waals surface area contributed by atoms with E-state index >= 15 is 0 Å². The first kappa shape index (κ1) is 14.3. The van der Waals surface area contributed by atoms with Gasteiger partial charge < -0.3 is 10.6 Å². The zero-order valence-electron chi connectivity index (χ0n) is 11.1. The normalized spacial score (nSPS) is 10.9. The molecule has 0 radical (unpaired) electrons. The van der Waals surface area contributed by atoms with Crippen molar-refractivity contribution in [2.24, 2.45) is 0 Å². The monoisotopic (exact) mass is 340 g/mol. The van der Waals surface area contributed by atoms with Gasteiger partial charge in [-0.25, -0.2) is 0 Å². The van der Waals surface area contributed by atoms with Crippen LogP contribution in [0, 0.1) is 0 Å². The third kappa shape index (κ3) is 2.77. The lowest BCUT2D eigenvalue weighted by Gasteiger charge is -2.19. The van der Waals surface area contributed by atoms with Crippen molar-refractivity contribution in [3.8, 4) is 0 Å². The van der Waals surface area contributed by atoms with Crippen molar-refractivity contribution in [3.05, 3.63) is 27.5 Å². The van der Waals surface area contributed by atoms with Crippen LogP contribution >= 0.6 is 27.3 Å². The molecule has 2 N–H and O–H groups in total. The van der Waals surface area contributed by atoms with Crippen molar-refractivity contribution < 1.29 is 4.79 Å². The van der Waals surface area contributed by atoms with Crippen LogP contribution in [-0.4, -0.2) is 23.9 Å². The van der Waals surface area contributed by atoms with E-state index in [1.165, 1.54) is 11.3 Å². The largest absolute Gasteiger partial charge is 0.397 e. The van der Waals surface area contributed by atoms with Crippen LogP contribution in [0.25, 0.3) is 10.1 Å². The standard InChI is InChI=1S/C14H17BrN2OS/c1-3-7-17(4-2)14(18)13-12(16)10-6-5-9(15)8-11(10)19-13/h5-6,8H,3-4,7,16H2,1-2H3. The highest BCUT2D eigenvalue weighted by Gasteiger charge is 2.20. The van der Waals surface area contributed by atoms with Crippen LogP contribution < -0.4 is 5.73 Å². The van der Waals surface area contributed by atoms with E-state index in [0.29, 0.717) is 17.1 Å². The molecule has 0 aliphatic carbocycles. The summed E-state index contributed by atoms with van der Waals surface area (Å²) in [5, 5.41) is 0.962. The molecule has 1 aromatic carbocycles. The summed E-state index contributed by atoms with van der Waals surface area (Å²) in [6.45, 7) is 5.55. The number of nitrogens with zero attached hydrogens (tertiary/aromatic N) is 1. The second-order valence-corrected chi connectivity index (χ2v) is 6.34. The Bertz CT molecular complexity index is 609. The van der Waals surface area contributed by atoms with Gasteiger partial charge >= 0.3 is 0 Å². The molecule has 2 aromatic rings. The number of thiophene rings is 1. The number of hydrogen-bond donors (Lipinski definition) is 1. The van der Waals surface area contributed by atoms with Crippen LogP contribution in [0.4, 0.5) is 5.69 Å². The first-order chi connectivity index (χ1) is 9.08. The third-order valence-electron chi connectivity index (χ3n) is 3.05. The van der Waals surface area contributed by atoms with Crippen LogP contribution in [0.5, 0.6) is 0 Å². The Kier molecular flexibility index (Phi) is 4.47. The first-order valence-electron chi connectivity index (χ1n) is 6.35. The number of halogens is 1. The van der Waals surface area contributed by atoms with E-state index in [1.54, 1.807) is 0 Å². The summed E-state index contributed by atoms with van der Waals surface area (Å²) < 4.78 is 2.05. The van der Waals surface area contributed by atoms with E-state index in [-0.39, 0.29) is 5.91 Å². The molecule has 1 aromatic heterocycles. The van der Waals surface area contributed by atoms with Gasteiger partial charge in [-0.15, -0.1) is 11.3 Å². The molecular formula is C14H17BrN2OS. The van der Waals surface area contributed by atoms with Crippen molar-refractivity contribution in [2.45, 2.75) is 20.3 Å². The Hall–Kier alpha value is -1.07. The topological polar surface area (TPSA) is 46.3 Å². The summed E-state index contributed by atoms with van der Waals surface area (Å²) >= 11 is 4.91. The van der Waals surface area contributed by atoms with Crippen molar-refractivity contribution in [3.63, 3.8) is 0 Å². The lowest BCUT2D eigenvalue weighted by Crippen LogP contribution is -2.31. The summed E-state index contributed by atoms with van der Waals surface area (Å²) in [5.41, 5.74) is 6.73. The van der Waals surface area contributed by atoms with E-state index in [9.17, 15) is 4.79 Å². The molecule has 0 bridgehead atoms. The Morgan fingerprint density at radius 2 is 2.16 bits per heavy atom. The van der Waals surface area contributed by atoms with Gasteiger partial charge in [-0.1, -0.05) is 28.9 Å². The van der Waals surface area contributed by atoms with Crippen LogP contribution in [0.15, 0.2) is 22.7 Å². The van der Waals surface area contributed by atoms with Gasteiger partial charge in [0.2, 0.25) is 0 Å². The average molecular weight is 341 g/mol. The molecule has 1 heterocycles. The Morgan fingerprint density at radius 1 is 1.42 bits per heavy atom. The number of fused-ring (bicyclic) bond motifs is 1. The lowest BCUT2D eigenvalue weighted by molar-refractivity contribution is 0.0770. The molecule has 19 heavy (non-hydrogen) atoms. The molecule has 0 unspecified atom stereocenters. The molecule has 2 rings (SSSR count). The van der Waals surface area contributed by atoms with Crippen LogP contribution in [0.3, 0.4) is 0 Å². The minimum absolute atomic E-state index is 0.0409. The highest BCUT2D eigenvalue weighted by Crippen LogP contribution is 2.35. The SMILES string of the molecule is CCCN(CC)C(=O)c1sc2cc(Br)ccc2c1N. The zero-order chi connectivity index (χ0) is 14.0. The molecule has 0 aliphatic heterocycles. The fourth-order valence-corrected chi connectivity index (χ4v) is 3.71. The highest BCUT2D eigenvalue weighted by molar-refractivity contribution is 9.10. The fraction of sp³-hybridized carbons (Fsp3) is 0.357. The van der Waals surface area contributed by atoms with Gasteiger partial charge in [0.15, 0.2) is 0 Å². The van der Waals surface area contributed by atoms with Crippen LogP contribution in [-0.2, 0) is 0 Å². The van der Waals surface area contributed by atoms with E-state index in [2.05, 4.69) is 22.9 Å². The van der Waals surface area contributed by atoms with E-state index in [4.69, 9.17) is 5.73 Å². The van der Waals surface area contributed by atoms with Gasteiger partial charge in [0.25, 0.3) is 5.91 Å². The molecule has 0 saturated heterocycles. The highest BCUT2D eigenvalue weighted by atomic mass is 79.9. The Labute approximate surface area is 125 Å². The number of anilines is 1. The second kappa shape index (κ2) is 5.92. The molecule has 0 atom stereocenters. The Balaban J connectivity index is 2.44. The number of hydrogen-bond acceptors (Lipinski definition) is 3. The Morgan fingerprint density at radius 3 is 2.79 bits per heavy atom. The molecule has 0 fully saturated rings. The zero-order valence-corrected chi connectivity index (χ0v) is 13.5. The van der Waals surface area contributed by atoms with Gasteiger partial charge in [0, 0.05) is 27.6 Å².